The van der Waals surface area contributed by atoms with Crippen LogP contribution in [-0.2, 0) is 13.0 Å². The summed E-state index contributed by atoms with van der Waals surface area (Å²) in [5.74, 6) is 0.965. The second-order valence-electron chi connectivity index (χ2n) is 6.70. The van der Waals surface area contributed by atoms with Gasteiger partial charge in [0.05, 0.1) is 6.54 Å². The molecule has 0 bridgehead atoms. The number of halogens is 1. The molecule has 1 aliphatic heterocycles. The Morgan fingerprint density at radius 1 is 1.22 bits per heavy atom. The molecule has 27 heavy (non-hydrogen) atoms. The van der Waals surface area contributed by atoms with E-state index < -0.39 is 0 Å². The minimum atomic E-state index is -0.269. The molecule has 0 spiro atoms. The fourth-order valence-electron chi connectivity index (χ4n) is 3.41. The number of anilines is 1. The molecule has 0 saturated carbocycles. The Bertz CT molecular complexity index is 777. The number of aromatic nitrogens is 1. The molecule has 1 unspecified atom stereocenters. The summed E-state index contributed by atoms with van der Waals surface area (Å²) in [6.45, 7) is 7.15. The normalized spacial score (nSPS) is 17.2. The van der Waals surface area contributed by atoms with E-state index >= 15 is 0 Å². The SMILES string of the molecule is CCNC(=NCc1ccccc1CC)NC1CCN(c2ncccc2F)C1. The Kier molecular flexibility index (Phi) is 6.63. The van der Waals surface area contributed by atoms with Gasteiger partial charge in [-0.3, -0.25) is 0 Å². The molecule has 0 amide bonds. The highest BCUT2D eigenvalue weighted by atomic mass is 19.1. The van der Waals surface area contributed by atoms with Crippen LogP contribution >= 0.6 is 0 Å². The van der Waals surface area contributed by atoms with Crippen molar-refractivity contribution in [3.8, 4) is 0 Å². The average Bonchev–Trinajstić information content (AvgIpc) is 3.15. The zero-order valence-corrected chi connectivity index (χ0v) is 16.1. The zero-order chi connectivity index (χ0) is 19.1. The molecule has 1 aromatic carbocycles. The van der Waals surface area contributed by atoms with Crippen LogP contribution in [0.5, 0.6) is 0 Å². The minimum Gasteiger partial charge on any atom is -0.357 e. The van der Waals surface area contributed by atoms with E-state index in [-0.39, 0.29) is 11.9 Å². The van der Waals surface area contributed by atoms with E-state index in [2.05, 4.69) is 53.7 Å². The van der Waals surface area contributed by atoms with E-state index in [0.717, 1.165) is 31.9 Å². The lowest BCUT2D eigenvalue weighted by Crippen LogP contribution is -2.44. The van der Waals surface area contributed by atoms with Crippen LogP contribution in [-0.4, -0.2) is 36.6 Å². The van der Waals surface area contributed by atoms with Gasteiger partial charge in [-0.1, -0.05) is 31.2 Å². The summed E-state index contributed by atoms with van der Waals surface area (Å²) in [6, 6.07) is 11.7. The topological polar surface area (TPSA) is 52.6 Å². The van der Waals surface area contributed by atoms with E-state index in [9.17, 15) is 4.39 Å². The van der Waals surface area contributed by atoms with Crippen molar-refractivity contribution in [2.45, 2.75) is 39.3 Å². The standard InChI is InChI=1S/C21H28FN5/c1-3-16-8-5-6-9-17(16)14-25-21(23-4-2)26-18-11-13-27(15-18)20-19(22)10-7-12-24-20/h5-10,12,18H,3-4,11,13-15H2,1-2H3,(H2,23,25,26). The molecule has 1 fully saturated rings. The van der Waals surface area contributed by atoms with E-state index in [1.54, 1.807) is 12.3 Å². The smallest absolute Gasteiger partial charge is 0.191 e. The first-order valence-corrected chi connectivity index (χ1v) is 9.68. The van der Waals surface area contributed by atoms with Gasteiger partial charge in [-0.2, -0.15) is 0 Å². The Morgan fingerprint density at radius 2 is 2.04 bits per heavy atom. The van der Waals surface area contributed by atoms with Crippen molar-refractivity contribution < 1.29 is 4.39 Å². The first-order valence-electron chi connectivity index (χ1n) is 9.68. The third-order valence-corrected chi connectivity index (χ3v) is 4.82. The molecule has 0 aliphatic carbocycles. The predicted molar refractivity (Wildman–Crippen MR) is 109 cm³/mol. The molecular formula is C21H28FN5. The van der Waals surface area contributed by atoms with Crippen molar-refractivity contribution >= 4 is 11.8 Å². The van der Waals surface area contributed by atoms with E-state index in [1.807, 2.05) is 4.90 Å². The summed E-state index contributed by atoms with van der Waals surface area (Å²) in [5.41, 5.74) is 2.58. The first kappa shape index (κ1) is 19.1. The van der Waals surface area contributed by atoms with Gasteiger partial charge in [0.1, 0.15) is 0 Å². The third kappa shape index (κ3) is 4.96. The number of aryl methyl sites for hydroxylation is 1. The van der Waals surface area contributed by atoms with Crippen LogP contribution in [0.1, 0.15) is 31.4 Å². The zero-order valence-electron chi connectivity index (χ0n) is 16.1. The molecule has 1 saturated heterocycles. The van der Waals surface area contributed by atoms with Crippen LogP contribution in [0.2, 0.25) is 0 Å². The monoisotopic (exact) mass is 369 g/mol. The van der Waals surface area contributed by atoms with Crippen molar-refractivity contribution in [1.29, 1.82) is 0 Å². The number of aliphatic imine (C=N–C) groups is 1. The minimum absolute atomic E-state index is 0.214. The van der Waals surface area contributed by atoms with Crippen LogP contribution in [0.15, 0.2) is 47.6 Å². The van der Waals surface area contributed by atoms with Gasteiger partial charge in [-0.05, 0) is 43.0 Å². The number of hydrogen-bond donors (Lipinski definition) is 2. The summed E-state index contributed by atoms with van der Waals surface area (Å²) >= 11 is 0. The molecule has 144 valence electrons. The maximum absolute atomic E-state index is 14.0. The van der Waals surface area contributed by atoms with Crippen LogP contribution in [0, 0.1) is 5.82 Å². The molecule has 6 heteroatoms. The van der Waals surface area contributed by atoms with Gasteiger partial charge in [0.15, 0.2) is 17.6 Å². The third-order valence-electron chi connectivity index (χ3n) is 4.82. The molecule has 2 aromatic rings. The van der Waals surface area contributed by atoms with Gasteiger partial charge in [0, 0.05) is 31.9 Å². The average molecular weight is 369 g/mol. The molecule has 1 aliphatic rings. The van der Waals surface area contributed by atoms with Gasteiger partial charge < -0.3 is 15.5 Å². The lowest BCUT2D eigenvalue weighted by atomic mass is 10.1. The van der Waals surface area contributed by atoms with Crippen LogP contribution in [0.4, 0.5) is 10.2 Å². The quantitative estimate of drug-likeness (QED) is 0.607. The van der Waals surface area contributed by atoms with E-state index in [1.165, 1.54) is 17.2 Å². The number of nitrogens with one attached hydrogen (secondary N) is 2. The summed E-state index contributed by atoms with van der Waals surface area (Å²) in [5, 5.41) is 6.80. The summed E-state index contributed by atoms with van der Waals surface area (Å²) < 4.78 is 14.0. The molecule has 3 rings (SSSR count). The van der Waals surface area contributed by atoms with Crippen LogP contribution in [0.25, 0.3) is 0 Å². The van der Waals surface area contributed by atoms with Crippen molar-refractivity contribution in [3.63, 3.8) is 0 Å². The van der Waals surface area contributed by atoms with Gasteiger partial charge >= 0.3 is 0 Å². The fraction of sp³-hybridized carbons (Fsp3) is 0.429. The van der Waals surface area contributed by atoms with Crippen LogP contribution in [0.3, 0.4) is 0 Å². The number of hydrogen-bond acceptors (Lipinski definition) is 3. The maximum Gasteiger partial charge on any atom is 0.191 e. The van der Waals surface area contributed by atoms with Crippen molar-refractivity contribution in [2.75, 3.05) is 24.5 Å². The van der Waals surface area contributed by atoms with Crippen molar-refractivity contribution in [2.24, 2.45) is 4.99 Å². The maximum atomic E-state index is 14.0. The largest absolute Gasteiger partial charge is 0.357 e. The van der Waals surface area contributed by atoms with Gasteiger partial charge in [0.2, 0.25) is 0 Å². The molecule has 0 radical (unpaired) electrons. The highest BCUT2D eigenvalue weighted by Crippen LogP contribution is 2.20. The summed E-state index contributed by atoms with van der Waals surface area (Å²) in [7, 11) is 0. The molecule has 2 N–H and O–H groups in total. The van der Waals surface area contributed by atoms with Crippen molar-refractivity contribution in [3.05, 3.63) is 59.5 Å². The molecule has 1 aromatic heterocycles. The summed E-state index contributed by atoms with van der Waals surface area (Å²) in [6.07, 6.45) is 3.56. The molecule has 2 heterocycles. The Morgan fingerprint density at radius 3 is 2.78 bits per heavy atom. The van der Waals surface area contributed by atoms with Crippen LogP contribution < -0.4 is 15.5 Å². The second-order valence-corrected chi connectivity index (χ2v) is 6.70. The molecule has 5 nitrogen and oxygen atoms in total. The highest BCUT2D eigenvalue weighted by molar-refractivity contribution is 5.80. The Labute approximate surface area is 160 Å². The Hall–Kier alpha value is -2.63. The number of nitrogens with zero attached hydrogens (tertiary/aromatic N) is 3. The lowest BCUT2D eigenvalue weighted by Gasteiger charge is -2.20. The summed E-state index contributed by atoms with van der Waals surface area (Å²) in [4.78, 5) is 10.9. The van der Waals surface area contributed by atoms with E-state index in [0.29, 0.717) is 18.9 Å². The highest BCUT2D eigenvalue weighted by Gasteiger charge is 2.25. The number of pyridine rings is 1. The van der Waals surface area contributed by atoms with Gasteiger partial charge in [-0.15, -0.1) is 0 Å². The first-order chi connectivity index (χ1) is 13.2. The van der Waals surface area contributed by atoms with Crippen molar-refractivity contribution in [1.82, 2.24) is 15.6 Å². The Balaban J connectivity index is 1.64. The second kappa shape index (κ2) is 9.35. The molecular weight excluding hydrogens is 341 g/mol. The lowest BCUT2D eigenvalue weighted by molar-refractivity contribution is 0.612. The molecule has 1 atom stereocenters. The number of rotatable bonds is 6. The van der Waals surface area contributed by atoms with E-state index in [4.69, 9.17) is 4.99 Å². The number of benzene rings is 1. The van der Waals surface area contributed by atoms with Gasteiger partial charge in [0.25, 0.3) is 0 Å². The van der Waals surface area contributed by atoms with Gasteiger partial charge in [-0.25, -0.2) is 14.4 Å². The number of guanidine groups is 1. The predicted octanol–water partition coefficient (Wildman–Crippen LogP) is 3.12. The fourth-order valence-corrected chi connectivity index (χ4v) is 3.41.